The summed E-state index contributed by atoms with van der Waals surface area (Å²) in [5.74, 6) is 1.20. The Kier molecular flexibility index (Phi) is 2.42. The van der Waals surface area contributed by atoms with Crippen molar-refractivity contribution in [1.29, 1.82) is 5.41 Å². The van der Waals surface area contributed by atoms with Gasteiger partial charge in [-0.05, 0) is 0 Å². The van der Waals surface area contributed by atoms with Gasteiger partial charge in [-0.2, -0.15) is 5.10 Å². The maximum Gasteiger partial charge on any atom is 0.153 e. The Morgan fingerprint density at radius 2 is 2.42 bits per heavy atom. The van der Waals surface area contributed by atoms with E-state index >= 15 is 0 Å². The summed E-state index contributed by atoms with van der Waals surface area (Å²) < 4.78 is 1.57. The molecule has 1 aromatic heterocycles. The highest BCUT2D eigenvalue weighted by atomic mass is 15.3. The van der Waals surface area contributed by atoms with E-state index in [0.717, 1.165) is 5.82 Å². The van der Waals surface area contributed by atoms with Crippen molar-refractivity contribution in [3.63, 3.8) is 0 Å². The van der Waals surface area contributed by atoms with Crippen LogP contribution in [0.5, 0.6) is 0 Å². The van der Waals surface area contributed by atoms with Crippen molar-refractivity contribution < 1.29 is 0 Å². The van der Waals surface area contributed by atoms with Gasteiger partial charge in [-0.25, -0.2) is 9.67 Å². The average molecular weight is 167 g/mol. The van der Waals surface area contributed by atoms with E-state index in [4.69, 9.17) is 11.1 Å². The Morgan fingerprint density at radius 3 is 2.83 bits per heavy atom. The van der Waals surface area contributed by atoms with Gasteiger partial charge in [0.2, 0.25) is 0 Å². The predicted molar refractivity (Wildman–Crippen MR) is 46.0 cm³/mol. The van der Waals surface area contributed by atoms with E-state index in [1.165, 1.54) is 0 Å². The topological polar surface area (TPSA) is 80.6 Å². The maximum absolute atomic E-state index is 7.04. The van der Waals surface area contributed by atoms with E-state index < -0.39 is 0 Å². The smallest absolute Gasteiger partial charge is 0.153 e. The number of aromatic nitrogens is 3. The molecular formula is C7H13N5. The summed E-state index contributed by atoms with van der Waals surface area (Å²) in [7, 11) is 0. The van der Waals surface area contributed by atoms with Crippen LogP contribution in [0.15, 0.2) is 6.33 Å². The number of nitrogens with zero attached hydrogens (tertiary/aromatic N) is 3. The molecule has 0 amide bonds. The quantitative estimate of drug-likeness (QED) is 0.503. The normalized spacial score (nSPS) is 10.6. The lowest BCUT2D eigenvalue weighted by Gasteiger charge is -1.97. The third-order valence-corrected chi connectivity index (χ3v) is 1.40. The van der Waals surface area contributed by atoms with Crippen molar-refractivity contribution in [2.24, 2.45) is 5.73 Å². The van der Waals surface area contributed by atoms with Gasteiger partial charge in [-0.3, -0.25) is 5.41 Å². The molecule has 1 aromatic rings. The Bertz CT molecular complexity index is 275. The highest BCUT2D eigenvalue weighted by Crippen LogP contribution is 2.06. The Balaban J connectivity index is 2.70. The summed E-state index contributed by atoms with van der Waals surface area (Å²) in [4.78, 5) is 4.07. The van der Waals surface area contributed by atoms with E-state index in [9.17, 15) is 0 Å². The first kappa shape index (κ1) is 8.70. The fourth-order valence-electron chi connectivity index (χ4n) is 0.824. The molecule has 3 N–H and O–H groups in total. The standard InChI is InChI=1S/C7H13N5/c1-5(2)7-10-4-12(11-7)3-6(8)9/h4-5H,3H2,1-2H3,(H3,8,9). The molecule has 0 fully saturated rings. The van der Waals surface area contributed by atoms with Gasteiger partial charge in [-0.1, -0.05) is 13.8 Å². The summed E-state index contributed by atoms with van der Waals surface area (Å²) in [5.41, 5.74) is 5.20. The highest BCUT2D eigenvalue weighted by molar-refractivity contribution is 5.76. The zero-order valence-electron chi connectivity index (χ0n) is 7.28. The van der Waals surface area contributed by atoms with Crippen LogP contribution >= 0.6 is 0 Å². The van der Waals surface area contributed by atoms with Crippen molar-refractivity contribution in [2.75, 3.05) is 0 Å². The second kappa shape index (κ2) is 3.34. The first-order valence-electron chi connectivity index (χ1n) is 3.82. The molecule has 0 radical (unpaired) electrons. The van der Waals surface area contributed by atoms with Gasteiger partial charge in [0.15, 0.2) is 5.82 Å². The highest BCUT2D eigenvalue weighted by Gasteiger charge is 2.04. The van der Waals surface area contributed by atoms with Crippen LogP contribution in [0.4, 0.5) is 0 Å². The number of hydrogen-bond acceptors (Lipinski definition) is 3. The number of hydrogen-bond donors (Lipinski definition) is 2. The molecule has 0 atom stereocenters. The van der Waals surface area contributed by atoms with E-state index in [1.54, 1.807) is 11.0 Å². The van der Waals surface area contributed by atoms with Crippen LogP contribution in [0.25, 0.3) is 0 Å². The Morgan fingerprint density at radius 1 is 1.75 bits per heavy atom. The molecule has 0 bridgehead atoms. The summed E-state index contributed by atoms with van der Waals surface area (Å²) in [6.07, 6.45) is 1.59. The minimum atomic E-state index is 0.0928. The fourth-order valence-corrected chi connectivity index (χ4v) is 0.824. The van der Waals surface area contributed by atoms with Gasteiger partial charge in [-0.15, -0.1) is 0 Å². The van der Waals surface area contributed by atoms with Gasteiger partial charge in [0, 0.05) is 5.92 Å². The molecule has 0 spiro atoms. The van der Waals surface area contributed by atoms with Crippen LogP contribution in [0, 0.1) is 5.41 Å². The first-order chi connectivity index (χ1) is 5.59. The molecule has 66 valence electrons. The second-order valence-corrected chi connectivity index (χ2v) is 2.98. The number of nitrogens with one attached hydrogen (secondary N) is 1. The minimum absolute atomic E-state index is 0.0928. The summed E-state index contributed by atoms with van der Waals surface area (Å²) in [6.45, 7) is 4.36. The molecule has 0 saturated heterocycles. The van der Waals surface area contributed by atoms with E-state index in [1.807, 2.05) is 13.8 Å². The van der Waals surface area contributed by atoms with Crippen molar-refractivity contribution in [2.45, 2.75) is 26.3 Å². The largest absolute Gasteiger partial charge is 0.386 e. The summed E-state index contributed by atoms with van der Waals surface area (Å²) in [6, 6.07) is 0. The number of rotatable bonds is 3. The molecule has 1 rings (SSSR count). The number of nitrogens with two attached hydrogens (primary N) is 1. The van der Waals surface area contributed by atoms with Gasteiger partial charge < -0.3 is 5.73 Å². The molecule has 1 heterocycles. The van der Waals surface area contributed by atoms with E-state index in [0.29, 0.717) is 12.5 Å². The van der Waals surface area contributed by atoms with Crippen LogP contribution in [0.1, 0.15) is 25.6 Å². The zero-order valence-corrected chi connectivity index (χ0v) is 7.28. The average Bonchev–Trinajstić information content (AvgIpc) is 2.34. The lowest BCUT2D eigenvalue weighted by atomic mass is 10.2. The molecule has 0 unspecified atom stereocenters. The summed E-state index contributed by atoms with van der Waals surface area (Å²) in [5, 5.41) is 11.2. The SMILES string of the molecule is CC(C)c1ncn(CC(=N)N)n1. The van der Waals surface area contributed by atoms with Crippen LogP contribution in [-0.2, 0) is 6.54 Å². The van der Waals surface area contributed by atoms with Crippen LogP contribution < -0.4 is 5.73 Å². The minimum Gasteiger partial charge on any atom is -0.386 e. The van der Waals surface area contributed by atoms with Gasteiger partial charge in [0.05, 0.1) is 6.54 Å². The van der Waals surface area contributed by atoms with Gasteiger partial charge in [0.25, 0.3) is 0 Å². The maximum atomic E-state index is 7.04. The van der Waals surface area contributed by atoms with Crippen LogP contribution in [0.2, 0.25) is 0 Å². The monoisotopic (exact) mass is 167 g/mol. The van der Waals surface area contributed by atoms with Gasteiger partial charge in [0.1, 0.15) is 12.2 Å². The molecular weight excluding hydrogens is 154 g/mol. The third-order valence-electron chi connectivity index (χ3n) is 1.40. The predicted octanol–water partition coefficient (Wildman–Crippen LogP) is 0.337. The Hall–Kier alpha value is -1.39. The van der Waals surface area contributed by atoms with Crippen LogP contribution in [0.3, 0.4) is 0 Å². The molecule has 0 aliphatic heterocycles. The van der Waals surface area contributed by atoms with Crippen molar-refractivity contribution in [1.82, 2.24) is 14.8 Å². The molecule has 5 heteroatoms. The second-order valence-electron chi connectivity index (χ2n) is 2.98. The first-order valence-corrected chi connectivity index (χ1v) is 3.82. The molecule has 0 aliphatic rings. The molecule has 0 aromatic carbocycles. The van der Waals surface area contributed by atoms with Crippen molar-refractivity contribution >= 4 is 5.84 Å². The lowest BCUT2D eigenvalue weighted by Crippen LogP contribution is -2.18. The van der Waals surface area contributed by atoms with E-state index in [-0.39, 0.29) is 5.84 Å². The molecule has 5 nitrogen and oxygen atoms in total. The summed E-state index contributed by atoms with van der Waals surface area (Å²) >= 11 is 0. The van der Waals surface area contributed by atoms with Crippen molar-refractivity contribution in [3.05, 3.63) is 12.2 Å². The molecule has 12 heavy (non-hydrogen) atoms. The van der Waals surface area contributed by atoms with Gasteiger partial charge >= 0.3 is 0 Å². The molecule has 0 aliphatic carbocycles. The fraction of sp³-hybridized carbons (Fsp3) is 0.571. The zero-order chi connectivity index (χ0) is 9.14. The van der Waals surface area contributed by atoms with Crippen molar-refractivity contribution in [3.8, 4) is 0 Å². The van der Waals surface area contributed by atoms with Crippen LogP contribution in [-0.4, -0.2) is 20.6 Å². The number of amidine groups is 1. The lowest BCUT2D eigenvalue weighted by molar-refractivity contribution is 0.679. The molecule has 0 saturated carbocycles. The Labute approximate surface area is 71.1 Å². The van der Waals surface area contributed by atoms with E-state index in [2.05, 4.69) is 10.1 Å². The third kappa shape index (κ3) is 2.05.